The van der Waals surface area contributed by atoms with Crippen molar-refractivity contribution in [1.29, 1.82) is 0 Å². The van der Waals surface area contributed by atoms with Crippen molar-refractivity contribution in [3.8, 4) is 28.4 Å². The van der Waals surface area contributed by atoms with Gasteiger partial charge in [0.15, 0.2) is 5.82 Å². The number of likely N-dealkylation sites (N-methyl/N-ethyl adjacent to an activating group) is 1. The number of aromatic nitrogens is 4. The van der Waals surface area contributed by atoms with E-state index >= 15 is 0 Å². The molecule has 2 aromatic heterocycles. The number of nitrogens with zero attached hydrogens (tertiary/aromatic N) is 5. The first-order chi connectivity index (χ1) is 17.0. The summed E-state index contributed by atoms with van der Waals surface area (Å²) in [6, 6.07) is 11.8. The third-order valence-electron chi connectivity index (χ3n) is 7.17. The number of carbonyl (C=O) groups excluding carboxylic acids is 1. The number of nitrogens with one attached hydrogen (secondary N) is 2. The first kappa shape index (κ1) is 21.7. The molecule has 2 aromatic carbocycles. The summed E-state index contributed by atoms with van der Waals surface area (Å²) in [6.07, 6.45) is 0.836. The van der Waals surface area contributed by atoms with Gasteiger partial charge in [0.25, 0.3) is 0 Å². The van der Waals surface area contributed by atoms with Crippen molar-refractivity contribution >= 4 is 16.9 Å². The predicted molar refractivity (Wildman–Crippen MR) is 134 cm³/mol. The highest BCUT2D eigenvalue weighted by Crippen LogP contribution is 2.33. The Morgan fingerprint density at radius 2 is 1.89 bits per heavy atom. The maximum absolute atomic E-state index is 12.9. The quantitative estimate of drug-likeness (QED) is 0.424. The van der Waals surface area contributed by atoms with E-state index in [0.29, 0.717) is 13.1 Å². The van der Waals surface area contributed by atoms with Gasteiger partial charge in [-0.1, -0.05) is 19.1 Å². The highest BCUT2D eigenvalue weighted by molar-refractivity contribution is 5.94. The number of rotatable bonds is 3. The minimum atomic E-state index is 0.0875. The molecule has 35 heavy (non-hydrogen) atoms. The number of imidazole rings is 1. The fourth-order valence-corrected chi connectivity index (χ4v) is 5.10. The van der Waals surface area contributed by atoms with Gasteiger partial charge in [-0.2, -0.15) is 5.10 Å². The Labute approximate surface area is 203 Å². The van der Waals surface area contributed by atoms with Crippen LogP contribution in [0.15, 0.2) is 36.4 Å². The van der Waals surface area contributed by atoms with Crippen LogP contribution in [0.5, 0.6) is 5.75 Å². The predicted octanol–water partition coefficient (Wildman–Crippen LogP) is 3.57. The molecule has 0 unspecified atom stereocenters. The number of amides is 2. The van der Waals surface area contributed by atoms with Crippen molar-refractivity contribution in [2.24, 2.45) is 0 Å². The molecule has 0 saturated carbocycles. The minimum absolute atomic E-state index is 0.0875. The van der Waals surface area contributed by atoms with Gasteiger partial charge in [-0.15, -0.1) is 0 Å². The van der Waals surface area contributed by atoms with Crippen LogP contribution < -0.4 is 0 Å². The Morgan fingerprint density at radius 1 is 1.06 bits per heavy atom. The number of carbonyl (C=O) groups is 1. The lowest BCUT2D eigenvalue weighted by Gasteiger charge is -2.34. The van der Waals surface area contributed by atoms with Crippen LogP contribution in [0, 0.1) is 0 Å². The standard InChI is InChI=1S/C26H29N7O2/c1-3-16-12-18(34)5-7-19(16)17-4-6-20-21(13-17)29-30-24(20)25-27-22-14-33(15-23(22)28-25)26(35)32-10-8-31(2)9-11-32/h4-7,12-13,34H,3,8-11,14-15H2,1-2H3,(H,27,28)(H,29,30). The normalized spacial score (nSPS) is 16.3. The van der Waals surface area contributed by atoms with Crippen molar-refractivity contribution in [3.63, 3.8) is 0 Å². The Balaban J connectivity index is 1.23. The first-order valence-corrected chi connectivity index (χ1v) is 12.1. The molecule has 2 aliphatic heterocycles. The first-order valence-electron chi connectivity index (χ1n) is 12.1. The van der Waals surface area contributed by atoms with Gasteiger partial charge in [0.1, 0.15) is 11.4 Å². The van der Waals surface area contributed by atoms with Crippen LogP contribution in [0.1, 0.15) is 23.9 Å². The number of aromatic hydroxyl groups is 1. The summed E-state index contributed by atoms with van der Waals surface area (Å²) >= 11 is 0. The number of piperazine rings is 1. The summed E-state index contributed by atoms with van der Waals surface area (Å²) in [5.41, 5.74) is 6.87. The van der Waals surface area contributed by atoms with Gasteiger partial charge in [-0.25, -0.2) is 9.78 Å². The summed E-state index contributed by atoms with van der Waals surface area (Å²) in [6.45, 7) is 6.50. The van der Waals surface area contributed by atoms with E-state index in [1.54, 1.807) is 6.07 Å². The van der Waals surface area contributed by atoms with Crippen LogP contribution >= 0.6 is 0 Å². The maximum atomic E-state index is 12.9. The van der Waals surface area contributed by atoms with Crippen LogP contribution in [0.4, 0.5) is 4.79 Å². The van der Waals surface area contributed by atoms with Crippen LogP contribution in [0.3, 0.4) is 0 Å². The topological polar surface area (TPSA) is 104 Å². The van der Waals surface area contributed by atoms with Gasteiger partial charge >= 0.3 is 6.03 Å². The number of aryl methyl sites for hydroxylation is 1. The lowest BCUT2D eigenvalue weighted by Crippen LogP contribution is -2.50. The van der Waals surface area contributed by atoms with E-state index in [4.69, 9.17) is 4.98 Å². The zero-order chi connectivity index (χ0) is 24.1. The van der Waals surface area contributed by atoms with Crippen molar-refractivity contribution in [1.82, 2.24) is 34.9 Å². The second kappa shape index (κ2) is 8.42. The molecular weight excluding hydrogens is 442 g/mol. The molecule has 0 radical (unpaired) electrons. The third kappa shape index (κ3) is 3.81. The lowest BCUT2D eigenvalue weighted by atomic mass is 9.97. The zero-order valence-corrected chi connectivity index (χ0v) is 20.0. The molecule has 1 saturated heterocycles. The van der Waals surface area contributed by atoms with Crippen LogP contribution in [0.2, 0.25) is 0 Å². The molecular formula is C26H29N7O2. The molecule has 4 aromatic rings. The highest BCUT2D eigenvalue weighted by Gasteiger charge is 2.31. The molecule has 0 atom stereocenters. The maximum Gasteiger partial charge on any atom is 0.320 e. The van der Waals surface area contributed by atoms with E-state index in [0.717, 1.165) is 83.1 Å². The van der Waals surface area contributed by atoms with Crippen molar-refractivity contribution < 1.29 is 9.90 Å². The van der Waals surface area contributed by atoms with Crippen molar-refractivity contribution in [2.75, 3.05) is 33.2 Å². The number of urea groups is 1. The van der Waals surface area contributed by atoms with Crippen LogP contribution in [-0.4, -0.2) is 79.2 Å². The van der Waals surface area contributed by atoms with E-state index in [2.05, 4.69) is 52.3 Å². The Morgan fingerprint density at radius 3 is 2.66 bits per heavy atom. The fourth-order valence-electron chi connectivity index (χ4n) is 5.10. The van der Waals surface area contributed by atoms with Crippen LogP contribution in [-0.2, 0) is 19.5 Å². The molecule has 3 N–H and O–H groups in total. The molecule has 6 rings (SSSR count). The summed E-state index contributed by atoms with van der Waals surface area (Å²) < 4.78 is 0. The summed E-state index contributed by atoms with van der Waals surface area (Å²) in [5, 5.41) is 18.5. The smallest absolute Gasteiger partial charge is 0.320 e. The van der Waals surface area contributed by atoms with E-state index in [9.17, 15) is 9.90 Å². The van der Waals surface area contributed by atoms with Crippen molar-refractivity contribution in [3.05, 3.63) is 53.3 Å². The average Bonchev–Trinajstić information content (AvgIpc) is 3.56. The lowest BCUT2D eigenvalue weighted by molar-refractivity contribution is 0.121. The number of fused-ring (bicyclic) bond motifs is 2. The number of H-pyrrole nitrogens is 2. The summed E-state index contributed by atoms with van der Waals surface area (Å²) in [7, 11) is 2.09. The molecule has 2 aliphatic rings. The third-order valence-corrected chi connectivity index (χ3v) is 7.17. The highest BCUT2D eigenvalue weighted by atomic mass is 16.3. The molecule has 2 amide bonds. The second-order valence-electron chi connectivity index (χ2n) is 9.47. The summed E-state index contributed by atoms with van der Waals surface area (Å²) in [5.74, 6) is 1.00. The summed E-state index contributed by atoms with van der Waals surface area (Å²) in [4.78, 5) is 27.2. The number of benzene rings is 2. The van der Waals surface area contributed by atoms with Gasteiger partial charge < -0.3 is 24.8 Å². The average molecular weight is 472 g/mol. The molecule has 0 bridgehead atoms. The molecule has 9 nitrogen and oxygen atoms in total. The number of hydrogen-bond acceptors (Lipinski definition) is 5. The Kier molecular flexibility index (Phi) is 5.21. The minimum Gasteiger partial charge on any atom is -0.508 e. The van der Waals surface area contributed by atoms with E-state index in [-0.39, 0.29) is 11.8 Å². The van der Waals surface area contributed by atoms with Crippen LogP contribution in [0.25, 0.3) is 33.5 Å². The molecule has 0 aliphatic carbocycles. The molecule has 180 valence electrons. The fraction of sp³-hybridized carbons (Fsp3) is 0.346. The Bertz CT molecular complexity index is 1390. The molecule has 9 heteroatoms. The van der Waals surface area contributed by atoms with Gasteiger partial charge in [0.2, 0.25) is 0 Å². The van der Waals surface area contributed by atoms with Gasteiger partial charge in [-0.3, -0.25) is 5.10 Å². The number of phenols is 1. The molecule has 4 heterocycles. The van der Waals surface area contributed by atoms with Gasteiger partial charge in [-0.05, 0) is 54.4 Å². The SMILES string of the molecule is CCc1cc(O)ccc1-c1ccc2c(-c3nc4c([nH]3)CN(C(=O)N3CCN(C)CC3)C4)n[nH]c2c1. The van der Waals surface area contributed by atoms with E-state index in [1.165, 1.54) is 0 Å². The van der Waals surface area contributed by atoms with Gasteiger partial charge in [0, 0.05) is 31.6 Å². The van der Waals surface area contributed by atoms with E-state index in [1.807, 2.05) is 21.9 Å². The van der Waals surface area contributed by atoms with E-state index < -0.39 is 0 Å². The van der Waals surface area contributed by atoms with Gasteiger partial charge in [0.05, 0.1) is 30.0 Å². The number of phenolic OH excluding ortho intramolecular Hbond substituents is 1. The number of aromatic amines is 2. The second-order valence-corrected chi connectivity index (χ2v) is 9.47. The van der Waals surface area contributed by atoms with Crippen molar-refractivity contribution in [2.45, 2.75) is 26.4 Å². The molecule has 0 spiro atoms. The Hall–Kier alpha value is -3.85. The zero-order valence-electron chi connectivity index (χ0n) is 20.0. The monoisotopic (exact) mass is 471 g/mol. The largest absolute Gasteiger partial charge is 0.508 e. The number of hydrogen-bond donors (Lipinski definition) is 3. The molecule has 1 fully saturated rings.